The minimum absolute atomic E-state index is 0. The first-order valence-electron chi connectivity index (χ1n) is 0.267. The monoisotopic (exact) mass is 277 g/mol. The van der Waals surface area contributed by atoms with Gasteiger partial charge in [-0.2, -0.15) is 0 Å². The Morgan fingerprint density at radius 1 is 1.25 bits per heavy atom. The fourth-order valence-corrected chi connectivity index (χ4v) is 0. The zero-order valence-corrected chi connectivity index (χ0v) is 6.73. The standard InChI is InChI=1S/2BrH.H3N.Ru/h2*1H;1H3;/q;;;+2/p-2. The van der Waals surface area contributed by atoms with Gasteiger partial charge in [0.05, 0.1) is 0 Å². The van der Waals surface area contributed by atoms with Crippen molar-refractivity contribution in [1.82, 2.24) is 6.15 Å². The molecule has 0 saturated carbocycles. The Morgan fingerprint density at radius 2 is 1.25 bits per heavy atom. The predicted octanol–water partition coefficient (Wildman–Crippen LogP) is 1.85. The molecule has 0 saturated heterocycles. The van der Waals surface area contributed by atoms with Gasteiger partial charge >= 0.3 is 40.5 Å². The maximum atomic E-state index is 3.15. The van der Waals surface area contributed by atoms with Gasteiger partial charge in [0.2, 0.25) is 0 Å². The first kappa shape index (κ1) is 9.11. The van der Waals surface area contributed by atoms with Crippen LogP contribution in [0.4, 0.5) is 0 Å². The normalized spacial score (nSPS) is 5.50. The van der Waals surface area contributed by atoms with Crippen LogP contribution in [0.15, 0.2) is 0 Å². The van der Waals surface area contributed by atoms with Gasteiger partial charge in [0.15, 0.2) is 0 Å². The van der Waals surface area contributed by atoms with Gasteiger partial charge in [-0.05, 0) is 0 Å². The molecule has 4 heteroatoms. The van der Waals surface area contributed by atoms with Crippen LogP contribution in [0.5, 0.6) is 0 Å². The molecule has 4 heavy (non-hydrogen) atoms. The summed E-state index contributed by atoms with van der Waals surface area (Å²) >= 11 is 6.64. The molecule has 0 fully saturated rings. The van der Waals surface area contributed by atoms with Crippen molar-refractivity contribution in [3.05, 3.63) is 0 Å². The van der Waals surface area contributed by atoms with Crippen LogP contribution in [0.1, 0.15) is 0 Å². The molecule has 0 aliphatic rings. The zero-order chi connectivity index (χ0) is 2.71. The van der Waals surface area contributed by atoms with Crippen LogP contribution in [0, 0.1) is 0 Å². The van der Waals surface area contributed by atoms with Gasteiger partial charge in [-0.3, -0.25) is 0 Å². The molecular weight excluding hydrogens is 275 g/mol. The van der Waals surface area contributed by atoms with E-state index < -0.39 is 0 Å². The second-order valence-corrected chi connectivity index (χ2v) is 8.07. The van der Waals surface area contributed by atoms with Crippen LogP contribution in [-0.2, 0) is 13.2 Å². The molecule has 0 atom stereocenters. The fraction of sp³-hybridized carbons (Fsp3) is 0. The van der Waals surface area contributed by atoms with Crippen molar-refractivity contribution in [3.63, 3.8) is 0 Å². The summed E-state index contributed by atoms with van der Waals surface area (Å²) in [4.78, 5) is 0. The van der Waals surface area contributed by atoms with Crippen molar-refractivity contribution in [1.29, 1.82) is 0 Å². The number of hydrogen-bond acceptors (Lipinski definition) is 1. The third-order valence-corrected chi connectivity index (χ3v) is 0. The van der Waals surface area contributed by atoms with E-state index in [1.54, 1.807) is 0 Å². The van der Waals surface area contributed by atoms with Gasteiger partial charge in [0.25, 0.3) is 0 Å². The predicted molar refractivity (Wildman–Crippen MR) is 22.9 cm³/mol. The molecule has 3 N–H and O–H groups in total. The molecule has 0 rings (SSSR count). The molecule has 0 radical (unpaired) electrons. The van der Waals surface area contributed by atoms with E-state index in [4.69, 9.17) is 0 Å². The summed E-state index contributed by atoms with van der Waals surface area (Å²) in [5.41, 5.74) is 0. The van der Waals surface area contributed by atoms with Crippen LogP contribution < -0.4 is 6.15 Å². The van der Waals surface area contributed by atoms with Crippen LogP contribution in [0.3, 0.4) is 0 Å². The average molecular weight is 278 g/mol. The average Bonchev–Trinajstić information content (AvgIpc) is 0.918. The number of rotatable bonds is 0. The Bertz CT molecular complexity index is 6.00. The van der Waals surface area contributed by atoms with Crippen LogP contribution in [0.25, 0.3) is 0 Å². The molecule has 0 aromatic rings. The van der Waals surface area contributed by atoms with Gasteiger partial charge in [-0.1, -0.05) is 0 Å². The topological polar surface area (TPSA) is 35.0 Å². The SMILES string of the molecule is N.[Br][Ru][Br]. The van der Waals surface area contributed by atoms with E-state index in [1.165, 1.54) is 0 Å². The molecule has 0 aliphatic heterocycles. The van der Waals surface area contributed by atoms with Crippen molar-refractivity contribution in [2.75, 3.05) is 0 Å². The molecule has 0 spiro atoms. The van der Waals surface area contributed by atoms with Crippen molar-refractivity contribution < 1.29 is 13.2 Å². The second kappa shape index (κ2) is 8.82. The van der Waals surface area contributed by atoms with Crippen molar-refractivity contribution in [2.45, 2.75) is 0 Å². The molecule has 0 bridgehead atoms. The van der Waals surface area contributed by atoms with Crippen LogP contribution in [0.2, 0.25) is 0 Å². The summed E-state index contributed by atoms with van der Waals surface area (Å²) < 4.78 is 0. The summed E-state index contributed by atoms with van der Waals surface area (Å²) in [6.07, 6.45) is 0. The summed E-state index contributed by atoms with van der Waals surface area (Å²) in [7, 11) is 0. The van der Waals surface area contributed by atoms with Crippen molar-refractivity contribution >= 4 is 27.2 Å². The van der Waals surface area contributed by atoms with Gasteiger partial charge < -0.3 is 6.15 Å². The first-order valence-corrected chi connectivity index (χ1v) is 8.22. The Kier molecular flexibility index (Phi) is 20.1. The molecule has 0 aromatic carbocycles. The first-order chi connectivity index (χ1) is 1.41. The Morgan fingerprint density at radius 3 is 1.25 bits per heavy atom. The van der Waals surface area contributed by atoms with E-state index in [9.17, 15) is 0 Å². The number of halogens is 2. The maximum absolute atomic E-state index is 3.15. The summed E-state index contributed by atoms with van der Waals surface area (Å²) in [6, 6.07) is 0. The van der Waals surface area contributed by atoms with E-state index in [1.807, 2.05) is 0 Å². The van der Waals surface area contributed by atoms with E-state index in [-0.39, 0.29) is 6.15 Å². The van der Waals surface area contributed by atoms with E-state index in [2.05, 4.69) is 27.2 Å². The molecule has 0 aliphatic carbocycles. The van der Waals surface area contributed by atoms with Crippen molar-refractivity contribution in [3.8, 4) is 0 Å². The third kappa shape index (κ3) is 9.62. The van der Waals surface area contributed by atoms with E-state index in [0.29, 0.717) is 13.2 Å². The molecule has 0 amide bonds. The summed E-state index contributed by atoms with van der Waals surface area (Å²) in [5, 5.41) is 0. The molecule has 30 valence electrons. The van der Waals surface area contributed by atoms with Gasteiger partial charge in [-0.25, -0.2) is 0 Å². The Hall–Kier alpha value is 1.54. The van der Waals surface area contributed by atoms with E-state index in [0.717, 1.165) is 0 Å². The third-order valence-electron chi connectivity index (χ3n) is 0. The second-order valence-electron chi connectivity index (χ2n) is 0.0505. The summed E-state index contributed by atoms with van der Waals surface area (Å²) in [5.74, 6) is 0. The van der Waals surface area contributed by atoms with Crippen molar-refractivity contribution in [2.24, 2.45) is 0 Å². The van der Waals surface area contributed by atoms with Gasteiger partial charge in [-0.15, -0.1) is 0 Å². The molecule has 0 unspecified atom stereocenters. The minimum atomic E-state index is 0. The Labute approximate surface area is 46.4 Å². The quantitative estimate of drug-likeness (QED) is 0.674. The Balaban J connectivity index is 0. The van der Waals surface area contributed by atoms with Gasteiger partial charge in [0.1, 0.15) is 0 Å². The van der Waals surface area contributed by atoms with Crippen LogP contribution >= 0.6 is 27.2 Å². The van der Waals surface area contributed by atoms with Crippen LogP contribution in [-0.4, -0.2) is 0 Å². The fourth-order valence-electron chi connectivity index (χ4n) is 0. The zero-order valence-electron chi connectivity index (χ0n) is 1.82. The molecular formula is H3Br2NRu. The molecule has 0 heterocycles. The number of hydrogen-bond donors (Lipinski definition) is 1. The molecule has 1 nitrogen and oxygen atoms in total. The summed E-state index contributed by atoms with van der Waals surface area (Å²) in [6.45, 7) is 0. The van der Waals surface area contributed by atoms with Gasteiger partial charge in [0, 0.05) is 0 Å². The molecule has 0 aromatic heterocycles. The van der Waals surface area contributed by atoms with E-state index >= 15 is 0 Å².